The lowest BCUT2D eigenvalue weighted by atomic mass is 9.80. The van der Waals surface area contributed by atoms with E-state index in [-0.39, 0.29) is 11.6 Å². The molecule has 0 bridgehead atoms. The molecule has 0 spiro atoms. The first kappa shape index (κ1) is 13.9. The van der Waals surface area contributed by atoms with Crippen molar-refractivity contribution in [2.45, 2.75) is 57.6 Å². The molecule has 1 rings (SSSR count). The van der Waals surface area contributed by atoms with Crippen LogP contribution in [0, 0.1) is 5.92 Å². The maximum absolute atomic E-state index is 6.37. The first-order valence-corrected chi connectivity index (χ1v) is 6.57. The molecule has 1 atom stereocenters. The summed E-state index contributed by atoms with van der Waals surface area (Å²) in [5.41, 5.74) is 6.23. The predicted octanol–water partition coefficient (Wildman–Crippen LogP) is 2.34. The molecule has 96 valence electrons. The summed E-state index contributed by atoms with van der Waals surface area (Å²) in [6, 6.07) is 0.145. The maximum atomic E-state index is 6.37. The van der Waals surface area contributed by atoms with Crippen LogP contribution in [0.15, 0.2) is 0 Å². The Bertz CT molecular complexity index is 186. The van der Waals surface area contributed by atoms with Crippen LogP contribution in [0.2, 0.25) is 0 Å². The Balaban J connectivity index is 2.56. The zero-order chi connectivity index (χ0) is 12.0. The van der Waals surface area contributed by atoms with Gasteiger partial charge < -0.3 is 15.2 Å². The summed E-state index contributed by atoms with van der Waals surface area (Å²) >= 11 is 0. The second-order valence-corrected chi connectivity index (χ2v) is 4.91. The highest BCUT2D eigenvalue weighted by atomic mass is 16.5. The van der Waals surface area contributed by atoms with Gasteiger partial charge >= 0.3 is 0 Å². The Morgan fingerprint density at radius 1 is 1.25 bits per heavy atom. The van der Waals surface area contributed by atoms with Crippen molar-refractivity contribution in [3.63, 3.8) is 0 Å². The summed E-state index contributed by atoms with van der Waals surface area (Å²) in [4.78, 5) is 0. The highest BCUT2D eigenvalue weighted by Gasteiger charge is 2.39. The third-order valence-electron chi connectivity index (χ3n) is 4.16. The Morgan fingerprint density at radius 2 is 1.81 bits per heavy atom. The van der Waals surface area contributed by atoms with Crippen LogP contribution in [-0.4, -0.2) is 32.0 Å². The molecule has 1 heterocycles. The molecule has 3 nitrogen and oxygen atoms in total. The third kappa shape index (κ3) is 3.19. The van der Waals surface area contributed by atoms with Crippen molar-refractivity contribution in [1.29, 1.82) is 0 Å². The van der Waals surface area contributed by atoms with Gasteiger partial charge in [-0.15, -0.1) is 0 Å². The molecule has 3 heteroatoms. The van der Waals surface area contributed by atoms with Gasteiger partial charge in [-0.1, -0.05) is 26.7 Å². The van der Waals surface area contributed by atoms with E-state index in [4.69, 9.17) is 15.2 Å². The Hall–Kier alpha value is -0.120. The average Bonchev–Trinajstić information content (AvgIpc) is 2.36. The average molecular weight is 229 g/mol. The Morgan fingerprint density at radius 3 is 2.25 bits per heavy atom. The van der Waals surface area contributed by atoms with Gasteiger partial charge in [-0.3, -0.25) is 0 Å². The van der Waals surface area contributed by atoms with Gasteiger partial charge in [0.15, 0.2) is 0 Å². The fraction of sp³-hybridized carbons (Fsp3) is 1.00. The summed E-state index contributed by atoms with van der Waals surface area (Å²) in [7, 11) is 1.79. The van der Waals surface area contributed by atoms with Gasteiger partial charge in [0.05, 0.1) is 5.60 Å². The number of hydrogen-bond donors (Lipinski definition) is 1. The topological polar surface area (TPSA) is 44.5 Å². The quantitative estimate of drug-likeness (QED) is 0.760. The molecule has 1 saturated heterocycles. The zero-order valence-electron chi connectivity index (χ0n) is 11.0. The van der Waals surface area contributed by atoms with Crippen LogP contribution >= 0.6 is 0 Å². The molecule has 0 amide bonds. The standard InChI is InChI=1S/C13H27NO2/c1-4-11(5-2)10-12(14)13(15-3)6-8-16-9-7-13/h11-12H,4-10,14H2,1-3H3. The second kappa shape index (κ2) is 6.58. The summed E-state index contributed by atoms with van der Waals surface area (Å²) in [5, 5.41) is 0. The van der Waals surface area contributed by atoms with Crippen molar-refractivity contribution < 1.29 is 9.47 Å². The SMILES string of the molecule is CCC(CC)CC(N)C1(OC)CCOCC1. The van der Waals surface area contributed by atoms with Crippen LogP contribution in [0.5, 0.6) is 0 Å². The molecule has 0 aromatic rings. The monoisotopic (exact) mass is 229 g/mol. The van der Waals surface area contributed by atoms with E-state index < -0.39 is 0 Å². The summed E-state index contributed by atoms with van der Waals surface area (Å²) < 4.78 is 11.1. The van der Waals surface area contributed by atoms with Crippen molar-refractivity contribution in [3.8, 4) is 0 Å². The lowest BCUT2D eigenvalue weighted by molar-refractivity contribution is -0.107. The van der Waals surface area contributed by atoms with E-state index in [1.807, 2.05) is 0 Å². The fourth-order valence-corrected chi connectivity index (χ4v) is 2.64. The molecule has 1 aliphatic rings. The van der Waals surface area contributed by atoms with Crippen molar-refractivity contribution in [2.75, 3.05) is 20.3 Å². The third-order valence-corrected chi connectivity index (χ3v) is 4.16. The van der Waals surface area contributed by atoms with Crippen LogP contribution in [0.25, 0.3) is 0 Å². The molecular weight excluding hydrogens is 202 g/mol. The number of hydrogen-bond acceptors (Lipinski definition) is 3. The zero-order valence-corrected chi connectivity index (χ0v) is 11.0. The van der Waals surface area contributed by atoms with Gasteiger partial charge in [0.1, 0.15) is 0 Å². The number of ether oxygens (including phenoxy) is 2. The smallest absolute Gasteiger partial charge is 0.0872 e. The molecule has 2 N–H and O–H groups in total. The minimum absolute atomic E-state index is 0.138. The van der Waals surface area contributed by atoms with Crippen molar-refractivity contribution in [1.82, 2.24) is 0 Å². The largest absolute Gasteiger partial charge is 0.381 e. The van der Waals surface area contributed by atoms with Gasteiger partial charge in [0.2, 0.25) is 0 Å². The van der Waals surface area contributed by atoms with Crippen LogP contribution in [0.4, 0.5) is 0 Å². The lowest BCUT2D eigenvalue weighted by Gasteiger charge is -2.41. The minimum Gasteiger partial charge on any atom is -0.381 e. The van der Waals surface area contributed by atoms with E-state index in [2.05, 4.69) is 13.8 Å². The van der Waals surface area contributed by atoms with Crippen LogP contribution in [0.1, 0.15) is 46.0 Å². The number of methoxy groups -OCH3 is 1. The Labute approximate surface area is 99.7 Å². The van der Waals surface area contributed by atoms with Gasteiger partial charge in [-0.2, -0.15) is 0 Å². The van der Waals surface area contributed by atoms with Crippen molar-refractivity contribution in [3.05, 3.63) is 0 Å². The number of rotatable bonds is 6. The first-order valence-electron chi connectivity index (χ1n) is 6.57. The van der Waals surface area contributed by atoms with Crippen molar-refractivity contribution >= 4 is 0 Å². The molecule has 16 heavy (non-hydrogen) atoms. The lowest BCUT2D eigenvalue weighted by Crippen LogP contribution is -2.53. The first-order chi connectivity index (χ1) is 7.68. The predicted molar refractivity (Wildman–Crippen MR) is 66.5 cm³/mol. The van der Waals surface area contributed by atoms with E-state index in [9.17, 15) is 0 Å². The Kier molecular flexibility index (Phi) is 5.73. The molecule has 0 saturated carbocycles. The fourth-order valence-electron chi connectivity index (χ4n) is 2.64. The van der Waals surface area contributed by atoms with E-state index in [1.165, 1.54) is 12.8 Å². The highest BCUT2D eigenvalue weighted by Crippen LogP contribution is 2.31. The maximum Gasteiger partial charge on any atom is 0.0872 e. The minimum atomic E-state index is -0.138. The molecule has 1 unspecified atom stereocenters. The number of nitrogens with two attached hydrogens (primary N) is 1. The summed E-state index contributed by atoms with van der Waals surface area (Å²) in [6.45, 7) is 6.05. The molecule has 1 aliphatic heterocycles. The van der Waals surface area contributed by atoms with Crippen LogP contribution < -0.4 is 5.73 Å². The van der Waals surface area contributed by atoms with E-state index >= 15 is 0 Å². The van der Waals surface area contributed by atoms with Crippen LogP contribution in [-0.2, 0) is 9.47 Å². The van der Waals surface area contributed by atoms with Gasteiger partial charge in [-0.05, 0) is 12.3 Å². The summed E-state index contributed by atoms with van der Waals surface area (Å²) in [6.07, 6.45) is 5.36. The van der Waals surface area contributed by atoms with Crippen molar-refractivity contribution in [2.24, 2.45) is 11.7 Å². The molecule has 0 aromatic carbocycles. The molecule has 1 fully saturated rings. The molecular formula is C13H27NO2. The summed E-state index contributed by atoms with van der Waals surface area (Å²) in [5.74, 6) is 0.727. The van der Waals surface area contributed by atoms with E-state index in [1.54, 1.807) is 7.11 Å². The van der Waals surface area contributed by atoms with E-state index in [0.29, 0.717) is 0 Å². The molecule has 0 aromatic heterocycles. The van der Waals surface area contributed by atoms with Gasteiger partial charge in [0, 0.05) is 39.2 Å². The molecule has 0 radical (unpaired) electrons. The molecule has 0 aliphatic carbocycles. The second-order valence-electron chi connectivity index (χ2n) is 4.91. The van der Waals surface area contributed by atoms with Crippen LogP contribution in [0.3, 0.4) is 0 Å². The van der Waals surface area contributed by atoms with Gasteiger partial charge in [-0.25, -0.2) is 0 Å². The highest BCUT2D eigenvalue weighted by molar-refractivity contribution is 4.93. The van der Waals surface area contributed by atoms with Gasteiger partial charge in [0.25, 0.3) is 0 Å². The normalized spacial score (nSPS) is 22.3. The van der Waals surface area contributed by atoms with E-state index in [0.717, 1.165) is 38.4 Å².